The smallest absolute Gasteiger partial charge is 0.232 e. The Kier molecular flexibility index (Phi) is 7.96. The number of ketones is 1. The van der Waals surface area contributed by atoms with Gasteiger partial charge in [-0.3, -0.25) is 13.9 Å². The molecule has 0 aliphatic rings. The summed E-state index contributed by atoms with van der Waals surface area (Å²) in [6, 6.07) is 16.4. The van der Waals surface area contributed by atoms with E-state index in [0.29, 0.717) is 24.2 Å². The van der Waals surface area contributed by atoms with Crippen LogP contribution in [-0.2, 0) is 14.8 Å². The highest BCUT2D eigenvalue weighted by atomic mass is 32.2. The minimum Gasteiger partial charge on any atom is -0.356 e. The van der Waals surface area contributed by atoms with Crippen LogP contribution in [0.25, 0.3) is 0 Å². The molecule has 0 fully saturated rings. The third kappa shape index (κ3) is 7.02. The van der Waals surface area contributed by atoms with Crippen LogP contribution in [0.5, 0.6) is 0 Å². The van der Waals surface area contributed by atoms with E-state index in [1.807, 2.05) is 37.3 Å². The Morgan fingerprint density at radius 3 is 2.38 bits per heavy atom. The molecule has 0 aromatic heterocycles. The van der Waals surface area contributed by atoms with Crippen LogP contribution >= 0.6 is 0 Å². The summed E-state index contributed by atoms with van der Waals surface area (Å²) in [5.74, 6) is -0.0482. The first-order valence-electron chi connectivity index (χ1n) is 9.59. The summed E-state index contributed by atoms with van der Waals surface area (Å²) >= 11 is 0. The van der Waals surface area contributed by atoms with Crippen molar-refractivity contribution in [3.63, 3.8) is 0 Å². The number of hydrogen-bond donors (Lipinski definition) is 1. The average molecular weight is 417 g/mol. The lowest BCUT2D eigenvalue weighted by Crippen LogP contribution is -2.32. The number of benzene rings is 2. The molecule has 1 N–H and O–H groups in total. The summed E-state index contributed by atoms with van der Waals surface area (Å²) in [6.45, 7) is 4.18. The average Bonchev–Trinajstić information content (AvgIpc) is 2.69. The van der Waals surface area contributed by atoms with E-state index in [0.717, 1.165) is 11.8 Å². The summed E-state index contributed by atoms with van der Waals surface area (Å²) < 4.78 is 25.6. The zero-order valence-electron chi connectivity index (χ0n) is 17.1. The molecule has 2 aromatic rings. The number of carbonyl (C=O) groups is 2. The topological polar surface area (TPSA) is 83.6 Å². The van der Waals surface area contributed by atoms with E-state index in [4.69, 9.17) is 0 Å². The van der Waals surface area contributed by atoms with Crippen molar-refractivity contribution in [3.05, 3.63) is 65.7 Å². The third-order valence-corrected chi connectivity index (χ3v) is 5.87. The molecule has 0 heterocycles. The number of sulfonamides is 1. The molecule has 0 aliphatic heterocycles. The normalized spacial score (nSPS) is 12.2. The van der Waals surface area contributed by atoms with Crippen LogP contribution in [0.2, 0.25) is 0 Å². The largest absolute Gasteiger partial charge is 0.356 e. The Bertz CT molecular complexity index is 942. The fourth-order valence-corrected chi connectivity index (χ4v) is 3.96. The zero-order valence-corrected chi connectivity index (χ0v) is 17.9. The highest BCUT2D eigenvalue weighted by Gasteiger charge is 2.18. The molecule has 0 bridgehead atoms. The SMILES string of the molecule is CC(=O)c1cccc(N(CCCC(=O)NC[C@H](C)c2ccccc2)S(C)(=O)=O)c1. The second kappa shape index (κ2) is 10.2. The molecule has 1 atom stereocenters. The number of nitrogens with one attached hydrogen (secondary N) is 1. The number of carbonyl (C=O) groups excluding carboxylic acids is 2. The summed E-state index contributed by atoms with van der Waals surface area (Å²) in [5.41, 5.74) is 2.03. The Morgan fingerprint density at radius 2 is 1.76 bits per heavy atom. The molecule has 0 aliphatic carbocycles. The van der Waals surface area contributed by atoms with Gasteiger partial charge in [0, 0.05) is 25.1 Å². The maximum absolute atomic E-state index is 12.2. The van der Waals surface area contributed by atoms with E-state index in [1.165, 1.54) is 11.2 Å². The van der Waals surface area contributed by atoms with Crippen LogP contribution in [-0.4, -0.2) is 39.5 Å². The number of nitrogens with zero attached hydrogens (tertiary/aromatic N) is 1. The molecule has 0 unspecified atom stereocenters. The number of amides is 1. The van der Waals surface area contributed by atoms with Gasteiger partial charge in [-0.15, -0.1) is 0 Å². The zero-order chi connectivity index (χ0) is 21.4. The van der Waals surface area contributed by atoms with E-state index >= 15 is 0 Å². The molecular weight excluding hydrogens is 388 g/mol. The maximum Gasteiger partial charge on any atom is 0.232 e. The van der Waals surface area contributed by atoms with E-state index in [2.05, 4.69) is 5.32 Å². The number of rotatable bonds is 10. The van der Waals surface area contributed by atoms with Crippen molar-refractivity contribution in [1.29, 1.82) is 0 Å². The molecule has 2 aromatic carbocycles. The first kappa shape index (κ1) is 22.6. The van der Waals surface area contributed by atoms with E-state index in [9.17, 15) is 18.0 Å². The van der Waals surface area contributed by atoms with E-state index in [-0.39, 0.29) is 30.6 Å². The van der Waals surface area contributed by atoms with Crippen LogP contribution in [0.3, 0.4) is 0 Å². The van der Waals surface area contributed by atoms with Crippen LogP contribution in [0, 0.1) is 0 Å². The summed E-state index contributed by atoms with van der Waals surface area (Å²) in [5, 5.41) is 2.91. The van der Waals surface area contributed by atoms with Crippen molar-refractivity contribution in [2.75, 3.05) is 23.7 Å². The molecule has 7 heteroatoms. The van der Waals surface area contributed by atoms with Gasteiger partial charge in [0.05, 0.1) is 11.9 Å². The Labute approximate surface area is 173 Å². The lowest BCUT2D eigenvalue weighted by atomic mass is 10.0. The molecule has 0 saturated heterocycles. The Morgan fingerprint density at radius 1 is 1.07 bits per heavy atom. The molecule has 29 heavy (non-hydrogen) atoms. The summed E-state index contributed by atoms with van der Waals surface area (Å²) in [7, 11) is -3.53. The van der Waals surface area contributed by atoms with Crippen molar-refractivity contribution in [2.24, 2.45) is 0 Å². The number of anilines is 1. The Hall–Kier alpha value is -2.67. The highest BCUT2D eigenvalue weighted by molar-refractivity contribution is 7.92. The van der Waals surface area contributed by atoms with Crippen LogP contribution in [0.1, 0.15) is 48.5 Å². The van der Waals surface area contributed by atoms with Crippen LogP contribution in [0.15, 0.2) is 54.6 Å². The van der Waals surface area contributed by atoms with Gasteiger partial charge in [-0.2, -0.15) is 0 Å². The molecule has 156 valence electrons. The van der Waals surface area contributed by atoms with Crippen molar-refractivity contribution >= 4 is 27.4 Å². The lowest BCUT2D eigenvalue weighted by molar-refractivity contribution is -0.121. The van der Waals surface area contributed by atoms with Gasteiger partial charge >= 0.3 is 0 Å². The number of hydrogen-bond acceptors (Lipinski definition) is 4. The van der Waals surface area contributed by atoms with Gasteiger partial charge in [0.2, 0.25) is 15.9 Å². The van der Waals surface area contributed by atoms with Gasteiger partial charge in [-0.05, 0) is 37.0 Å². The minimum absolute atomic E-state index is 0.112. The van der Waals surface area contributed by atoms with Crippen molar-refractivity contribution in [2.45, 2.75) is 32.6 Å². The third-order valence-electron chi connectivity index (χ3n) is 4.68. The van der Waals surface area contributed by atoms with Crippen molar-refractivity contribution in [3.8, 4) is 0 Å². The standard InChI is InChI=1S/C22H28N2O4S/c1-17(19-9-5-4-6-10-19)16-23-22(26)13-8-14-24(29(3,27)28)21-12-7-11-20(15-21)18(2)25/h4-7,9-12,15,17H,8,13-14,16H2,1-3H3,(H,23,26)/t17-/m0/s1. The van der Waals surface area contributed by atoms with Crippen LogP contribution in [0.4, 0.5) is 5.69 Å². The molecule has 2 rings (SSSR count). The molecule has 0 saturated carbocycles. The molecule has 6 nitrogen and oxygen atoms in total. The van der Waals surface area contributed by atoms with E-state index in [1.54, 1.807) is 24.3 Å². The molecule has 1 amide bonds. The molecule has 0 radical (unpaired) electrons. The molecular formula is C22H28N2O4S. The lowest BCUT2D eigenvalue weighted by Gasteiger charge is -2.23. The minimum atomic E-state index is -3.53. The summed E-state index contributed by atoms with van der Waals surface area (Å²) in [4.78, 5) is 23.7. The first-order chi connectivity index (χ1) is 13.7. The fraction of sp³-hybridized carbons (Fsp3) is 0.364. The van der Waals surface area contributed by atoms with Crippen molar-refractivity contribution in [1.82, 2.24) is 5.32 Å². The van der Waals surface area contributed by atoms with Gasteiger partial charge in [-0.25, -0.2) is 8.42 Å². The monoisotopic (exact) mass is 416 g/mol. The number of Topliss-reactive ketones (excluding diaryl/α,β-unsaturated/α-hetero) is 1. The first-order valence-corrected chi connectivity index (χ1v) is 11.4. The quantitative estimate of drug-likeness (QED) is 0.602. The van der Waals surface area contributed by atoms with Gasteiger partial charge in [0.25, 0.3) is 0 Å². The van der Waals surface area contributed by atoms with Gasteiger partial charge < -0.3 is 5.32 Å². The Balaban J connectivity index is 1.91. The van der Waals surface area contributed by atoms with E-state index < -0.39 is 10.0 Å². The van der Waals surface area contributed by atoms with Gasteiger partial charge in [0.15, 0.2) is 5.78 Å². The second-order valence-corrected chi connectivity index (χ2v) is 9.07. The maximum atomic E-state index is 12.2. The van der Waals surface area contributed by atoms with Crippen molar-refractivity contribution < 1.29 is 18.0 Å². The predicted molar refractivity (Wildman–Crippen MR) is 116 cm³/mol. The van der Waals surface area contributed by atoms with Crippen LogP contribution < -0.4 is 9.62 Å². The van der Waals surface area contributed by atoms with Gasteiger partial charge in [0.1, 0.15) is 0 Å². The second-order valence-electron chi connectivity index (χ2n) is 7.16. The predicted octanol–water partition coefficient (Wildman–Crippen LogP) is 3.36. The molecule has 0 spiro atoms. The van der Waals surface area contributed by atoms with Gasteiger partial charge in [-0.1, -0.05) is 49.4 Å². The summed E-state index contributed by atoms with van der Waals surface area (Å²) in [6.07, 6.45) is 1.72. The highest BCUT2D eigenvalue weighted by Crippen LogP contribution is 2.20. The fourth-order valence-electron chi connectivity index (χ4n) is 3.00.